The van der Waals surface area contributed by atoms with Crippen molar-refractivity contribution in [3.8, 4) is 0 Å². The molecule has 8 aliphatic rings. The standard InChI is InChI=1S/C10H18N2.C10H16N2.4C7H11N2.5Mn.4H2N/c2*1-5-11-6-2-9(1)10-3-7-12-8-4-10;4*8-6-9-7-4-2-1-3-5-7;;;;;;;;;/h9-10H,1-8H2;1,10H,2-8H2;4*7H,1-5H2;;;;;;4*1H2/q2*-2;4*-1;;;;;;4*-1. The SMILES string of the molecule is C1=C(C2CC[N-]CC2)CC[N-]C1.C1CC(C2CC[N-]CC2)CC[N-]1.[Mn].[Mn].[Mn].[Mn].[Mn].[N-]=C=NC1CCCCC1.[N-]=C=NC1CCCCC1.[N-]=C=NC1CCCCC1.[N-]=C=NC1CCCCC1.[NH2-].[NH2-].[NH2-].[NH2-]. The fraction of sp³-hybridized carbons (Fsp3) is 0.875. The van der Waals surface area contributed by atoms with Crippen molar-refractivity contribution in [3.05, 3.63) is 79.2 Å². The molecule has 0 amide bonds. The van der Waals surface area contributed by atoms with E-state index in [1.807, 2.05) is 24.0 Å². The van der Waals surface area contributed by atoms with E-state index in [2.05, 4.69) is 47.3 Å². The zero-order chi connectivity index (χ0) is 42.6. The third-order valence-electron chi connectivity index (χ3n) is 13.4. The molecule has 0 bridgehead atoms. The molecule has 0 spiro atoms. The van der Waals surface area contributed by atoms with Crippen LogP contribution in [0.2, 0.25) is 0 Å². The molecule has 0 aromatic rings. The minimum Gasteiger partial charge on any atom is -0.693 e. The summed E-state index contributed by atoms with van der Waals surface area (Å²) in [6.07, 6.45) is 36.0. The first kappa shape index (κ1) is 82.6. The molecule has 405 valence electrons. The van der Waals surface area contributed by atoms with E-state index in [0.717, 1.165) is 121 Å². The molecule has 4 saturated carbocycles. The molecule has 8 rings (SSSR count). The first-order chi connectivity index (χ1) is 29.7. The van der Waals surface area contributed by atoms with Gasteiger partial charge in [0.05, 0.1) is 0 Å². The number of nitrogens with zero attached hydrogens (tertiary/aromatic N) is 12. The smallest absolute Gasteiger partial charge is 0 e. The van der Waals surface area contributed by atoms with Gasteiger partial charge in [0.15, 0.2) is 0 Å². The third-order valence-corrected chi connectivity index (χ3v) is 13.4. The number of hydrogen-bond acceptors (Lipinski definition) is 4. The largest absolute Gasteiger partial charge is 0.693 e. The number of aliphatic imine (C=N–C) groups is 4. The van der Waals surface area contributed by atoms with E-state index in [-0.39, 0.29) is 110 Å². The average molecular weight is 1160 g/mol. The molecule has 7 fully saturated rings. The molecule has 0 aromatic carbocycles. The van der Waals surface area contributed by atoms with Crippen molar-refractivity contribution in [3.63, 3.8) is 0 Å². The maximum Gasteiger partial charge on any atom is 0 e. The number of hydrogen-bond donors (Lipinski definition) is 0. The van der Waals surface area contributed by atoms with Crippen LogP contribution in [-0.4, -0.2) is 101 Å². The van der Waals surface area contributed by atoms with Gasteiger partial charge in [-0.2, -0.15) is 24.0 Å². The van der Waals surface area contributed by atoms with Crippen LogP contribution in [0, 0.1) is 17.8 Å². The number of piperidine rings is 3. The zero-order valence-corrected chi connectivity index (χ0v) is 47.3. The second-order valence-corrected chi connectivity index (χ2v) is 17.7. The Morgan fingerprint density at radius 3 is 0.841 bits per heavy atom. The Labute approximate surface area is 472 Å². The molecule has 4 heterocycles. The van der Waals surface area contributed by atoms with Crippen LogP contribution in [0.4, 0.5) is 0 Å². The van der Waals surface area contributed by atoms with Gasteiger partial charge in [0, 0.05) is 85.3 Å². The van der Waals surface area contributed by atoms with E-state index < -0.39 is 0 Å². The second kappa shape index (κ2) is 58.4. The van der Waals surface area contributed by atoms with Gasteiger partial charge in [0.2, 0.25) is 0 Å². The van der Waals surface area contributed by atoms with E-state index >= 15 is 0 Å². The first-order valence-electron chi connectivity index (χ1n) is 24.2. The maximum absolute atomic E-state index is 8.20. The first-order valence-corrected chi connectivity index (χ1v) is 24.2. The van der Waals surface area contributed by atoms with E-state index in [4.69, 9.17) is 21.6 Å². The summed E-state index contributed by atoms with van der Waals surface area (Å²) >= 11 is 0. The Kier molecular flexibility index (Phi) is 69.9. The average Bonchev–Trinajstić information content (AvgIpc) is 3.33. The molecule has 0 aromatic heterocycles. The second-order valence-electron chi connectivity index (χ2n) is 17.7. The van der Waals surface area contributed by atoms with Gasteiger partial charge in [0.25, 0.3) is 0 Å². The molecular weight excluding hydrogens is 1080 g/mol. The summed E-state index contributed by atoms with van der Waals surface area (Å²) in [5.41, 5.74) is 1.67. The predicted molar refractivity (Wildman–Crippen MR) is 275 cm³/mol. The van der Waals surface area contributed by atoms with Gasteiger partial charge >= 0.3 is 0 Å². The number of nitrogens with two attached hydrogens (primary N) is 4. The topological polar surface area (TPSA) is 329 Å². The van der Waals surface area contributed by atoms with Crippen LogP contribution in [0.5, 0.6) is 0 Å². The quantitative estimate of drug-likeness (QED) is 0.136. The normalized spacial score (nSPS) is 20.6. The van der Waals surface area contributed by atoms with Crippen LogP contribution in [0.1, 0.15) is 173 Å². The van der Waals surface area contributed by atoms with Crippen LogP contribution in [-0.2, 0) is 85.3 Å². The van der Waals surface area contributed by atoms with Crippen molar-refractivity contribution in [1.29, 1.82) is 0 Å². The molecule has 21 heteroatoms. The van der Waals surface area contributed by atoms with Gasteiger partial charge < -0.3 is 87.5 Å². The van der Waals surface area contributed by atoms with E-state index in [9.17, 15) is 0 Å². The molecule has 8 N–H and O–H groups in total. The van der Waals surface area contributed by atoms with Gasteiger partial charge in [-0.05, 0) is 41.9 Å². The van der Waals surface area contributed by atoms with Crippen molar-refractivity contribution in [2.45, 2.75) is 198 Å². The van der Waals surface area contributed by atoms with Crippen LogP contribution in [0.25, 0.3) is 67.5 Å². The van der Waals surface area contributed by atoms with E-state index in [1.54, 1.807) is 5.57 Å². The number of rotatable bonds is 6. The van der Waals surface area contributed by atoms with Gasteiger partial charge in [0.1, 0.15) is 0 Å². The molecule has 16 nitrogen and oxygen atoms in total. The Bertz CT molecular complexity index is 1170. The molecular formula is C48H86Mn5N16-12. The molecule has 69 heavy (non-hydrogen) atoms. The molecule has 0 unspecified atom stereocenters. The van der Waals surface area contributed by atoms with Crippen molar-refractivity contribution < 1.29 is 85.3 Å². The Balaban J connectivity index is -0.000000131. The predicted octanol–water partition coefficient (Wildman–Crippen LogP) is 16.1. The summed E-state index contributed by atoms with van der Waals surface area (Å²) in [5.74, 6) is 2.81. The molecule has 4 aliphatic heterocycles. The molecule has 4 aliphatic carbocycles. The van der Waals surface area contributed by atoms with Gasteiger partial charge in [-0.15, -0.1) is 58.4 Å². The summed E-state index contributed by atoms with van der Waals surface area (Å²) in [7, 11) is 0. The summed E-state index contributed by atoms with van der Waals surface area (Å²) in [4.78, 5) is 15.2. The maximum atomic E-state index is 8.20. The van der Waals surface area contributed by atoms with Crippen molar-refractivity contribution >= 4 is 24.0 Å². The van der Waals surface area contributed by atoms with Crippen LogP contribution in [0.3, 0.4) is 0 Å². The summed E-state index contributed by atoms with van der Waals surface area (Å²) in [6, 6.07) is 8.91. The monoisotopic (exact) mass is 1160 g/mol. The third kappa shape index (κ3) is 41.6. The summed E-state index contributed by atoms with van der Waals surface area (Å²) < 4.78 is 0. The van der Waals surface area contributed by atoms with Gasteiger partial charge in [-0.25, -0.2) is 0 Å². The Morgan fingerprint density at radius 1 is 0.348 bits per heavy atom. The van der Waals surface area contributed by atoms with Crippen LogP contribution < -0.4 is 0 Å². The van der Waals surface area contributed by atoms with E-state index in [0.29, 0.717) is 24.2 Å². The van der Waals surface area contributed by atoms with E-state index in [1.165, 1.54) is 122 Å². The fourth-order valence-electron chi connectivity index (χ4n) is 9.73. The molecule has 0 atom stereocenters. The fourth-order valence-corrected chi connectivity index (χ4v) is 9.73. The van der Waals surface area contributed by atoms with Crippen molar-refractivity contribution in [2.75, 3.05) is 52.4 Å². The van der Waals surface area contributed by atoms with Crippen molar-refractivity contribution in [1.82, 2.24) is 0 Å². The van der Waals surface area contributed by atoms with Crippen LogP contribution in [0.15, 0.2) is 31.6 Å². The Hall–Kier alpha value is -0.463. The molecule has 5 radical (unpaired) electrons. The van der Waals surface area contributed by atoms with Gasteiger partial charge in [-0.3, -0.25) is 0 Å². The minimum atomic E-state index is 0. The van der Waals surface area contributed by atoms with Crippen molar-refractivity contribution in [2.24, 2.45) is 37.7 Å². The zero-order valence-electron chi connectivity index (χ0n) is 41.4. The summed E-state index contributed by atoms with van der Waals surface area (Å²) in [6.45, 7) is 8.67. The Morgan fingerprint density at radius 2 is 0.609 bits per heavy atom. The summed E-state index contributed by atoms with van der Waals surface area (Å²) in [5, 5.41) is 50.3. The minimum absolute atomic E-state index is 0. The van der Waals surface area contributed by atoms with Crippen LogP contribution >= 0.6 is 0 Å². The molecule has 3 saturated heterocycles. The van der Waals surface area contributed by atoms with Gasteiger partial charge in [-0.1, -0.05) is 179 Å².